The highest BCUT2D eigenvalue weighted by atomic mass is 35.5. The van der Waals surface area contributed by atoms with Gasteiger partial charge in [0.1, 0.15) is 28.2 Å². The number of amides is 1. The Labute approximate surface area is 189 Å². The maximum Gasteiger partial charge on any atom is 0.238 e. The summed E-state index contributed by atoms with van der Waals surface area (Å²) < 4.78 is 0. The second-order valence-electron chi connectivity index (χ2n) is 6.57. The van der Waals surface area contributed by atoms with Gasteiger partial charge in [-0.25, -0.2) is 4.98 Å². The molecular formula is C23H18ClN5OS. The standard InChI is InChI=1S/C23H18ClN5OS/c24-19-8-6-15(7-9-19)10-11-28-22(30)20(16-4-2-1-3-5-16)31-23-18(14-26)12-17(13-25)21(27)29-23/h1-9,12,20H,10-11H2,(H2,27,29)(H,28,30)/t20-/m0/s1. The predicted molar refractivity (Wildman–Crippen MR) is 121 cm³/mol. The first-order valence-corrected chi connectivity index (χ1v) is 10.6. The topological polar surface area (TPSA) is 116 Å². The van der Waals surface area contributed by atoms with Crippen LogP contribution in [0.3, 0.4) is 0 Å². The summed E-state index contributed by atoms with van der Waals surface area (Å²) in [5, 5.41) is 21.9. The van der Waals surface area contributed by atoms with E-state index in [4.69, 9.17) is 22.6 Å². The lowest BCUT2D eigenvalue weighted by atomic mass is 10.1. The highest BCUT2D eigenvalue weighted by Gasteiger charge is 2.24. The van der Waals surface area contributed by atoms with Crippen LogP contribution in [-0.2, 0) is 11.2 Å². The third-order valence-electron chi connectivity index (χ3n) is 4.45. The number of carbonyl (C=O) groups is 1. The first kappa shape index (κ1) is 22.2. The molecule has 8 heteroatoms. The number of benzene rings is 2. The van der Waals surface area contributed by atoms with Crippen LogP contribution >= 0.6 is 23.4 Å². The van der Waals surface area contributed by atoms with Crippen LogP contribution in [0, 0.1) is 22.7 Å². The number of nitrogens with zero attached hydrogens (tertiary/aromatic N) is 3. The molecule has 2 aromatic carbocycles. The van der Waals surface area contributed by atoms with E-state index >= 15 is 0 Å². The number of nitriles is 2. The Bertz CT molecular complexity index is 1150. The Kier molecular flexibility index (Phi) is 7.50. The zero-order chi connectivity index (χ0) is 22.2. The van der Waals surface area contributed by atoms with Gasteiger partial charge < -0.3 is 11.1 Å². The molecule has 3 aromatic rings. The van der Waals surface area contributed by atoms with E-state index in [1.807, 2.05) is 66.7 Å². The third kappa shape index (κ3) is 5.76. The van der Waals surface area contributed by atoms with Crippen LogP contribution in [0.5, 0.6) is 0 Å². The number of aromatic nitrogens is 1. The molecule has 0 aliphatic heterocycles. The smallest absolute Gasteiger partial charge is 0.238 e. The van der Waals surface area contributed by atoms with E-state index in [0.717, 1.165) is 22.9 Å². The van der Waals surface area contributed by atoms with Gasteiger partial charge in [-0.3, -0.25) is 4.79 Å². The number of rotatable bonds is 7. The van der Waals surface area contributed by atoms with Gasteiger partial charge in [0.25, 0.3) is 0 Å². The number of nitrogens with one attached hydrogen (secondary N) is 1. The van der Waals surface area contributed by atoms with Gasteiger partial charge in [-0.2, -0.15) is 10.5 Å². The molecule has 3 rings (SSSR count). The van der Waals surface area contributed by atoms with E-state index in [9.17, 15) is 10.1 Å². The molecule has 154 valence electrons. The molecule has 3 N–H and O–H groups in total. The first-order chi connectivity index (χ1) is 15.0. The number of halogens is 1. The molecule has 0 spiro atoms. The molecule has 1 heterocycles. The Morgan fingerprint density at radius 2 is 1.77 bits per heavy atom. The SMILES string of the molecule is N#Cc1cc(C#N)c(S[C@H](C(=O)NCCc2ccc(Cl)cc2)c2ccccc2)nc1N. The summed E-state index contributed by atoms with van der Waals surface area (Å²) in [7, 11) is 0. The normalized spacial score (nSPS) is 11.2. The van der Waals surface area contributed by atoms with Crippen molar-refractivity contribution in [3.05, 3.63) is 87.9 Å². The molecule has 0 fully saturated rings. The quantitative estimate of drug-likeness (QED) is 0.523. The molecule has 0 unspecified atom stereocenters. The van der Waals surface area contributed by atoms with E-state index < -0.39 is 5.25 Å². The van der Waals surface area contributed by atoms with Crippen LogP contribution in [0.2, 0.25) is 5.02 Å². The second-order valence-corrected chi connectivity index (χ2v) is 8.10. The number of thioether (sulfide) groups is 1. The minimum Gasteiger partial charge on any atom is -0.383 e. The highest BCUT2D eigenvalue weighted by Crippen LogP contribution is 2.37. The van der Waals surface area contributed by atoms with Crippen LogP contribution in [0.1, 0.15) is 27.5 Å². The number of hydrogen-bond acceptors (Lipinski definition) is 6. The summed E-state index contributed by atoms with van der Waals surface area (Å²) in [6.45, 7) is 0.443. The zero-order valence-corrected chi connectivity index (χ0v) is 18.0. The van der Waals surface area contributed by atoms with Crippen molar-refractivity contribution in [2.24, 2.45) is 0 Å². The van der Waals surface area contributed by atoms with E-state index in [1.54, 1.807) is 0 Å². The van der Waals surface area contributed by atoms with E-state index in [1.165, 1.54) is 6.07 Å². The molecule has 6 nitrogen and oxygen atoms in total. The maximum atomic E-state index is 13.1. The summed E-state index contributed by atoms with van der Waals surface area (Å²) in [6.07, 6.45) is 0.653. The number of nitrogens with two attached hydrogens (primary N) is 1. The Balaban J connectivity index is 1.80. The van der Waals surface area contributed by atoms with Crippen LogP contribution < -0.4 is 11.1 Å². The lowest BCUT2D eigenvalue weighted by Crippen LogP contribution is -2.30. The summed E-state index contributed by atoms with van der Waals surface area (Å²) >= 11 is 7.04. The summed E-state index contributed by atoms with van der Waals surface area (Å²) in [5.41, 5.74) is 7.99. The number of nitrogen functional groups attached to an aromatic ring is 1. The van der Waals surface area contributed by atoms with E-state index in [-0.39, 0.29) is 22.9 Å². The number of hydrogen-bond donors (Lipinski definition) is 2. The summed E-state index contributed by atoms with van der Waals surface area (Å²) in [4.78, 5) is 17.3. The van der Waals surface area contributed by atoms with Crippen molar-refractivity contribution in [2.75, 3.05) is 12.3 Å². The van der Waals surface area contributed by atoms with Gasteiger partial charge in [0.15, 0.2) is 0 Å². The Morgan fingerprint density at radius 3 is 2.42 bits per heavy atom. The van der Waals surface area contributed by atoms with Crippen LogP contribution in [0.4, 0.5) is 5.82 Å². The van der Waals surface area contributed by atoms with Crippen LogP contribution in [0.25, 0.3) is 0 Å². The second kappa shape index (κ2) is 10.5. The minimum atomic E-state index is -0.640. The van der Waals surface area contributed by atoms with Crippen molar-refractivity contribution in [3.63, 3.8) is 0 Å². The average Bonchev–Trinajstić information content (AvgIpc) is 2.79. The van der Waals surface area contributed by atoms with Crippen LogP contribution in [-0.4, -0.2) is 17.4 Å². The van der Waals surface area contributed by atoms with Crippen molar-refractivity contribution >= 4 is 35.1 Å². The van der Waals surface area contributed by atoms with E-state index in [2.05, 4.69) is 10.3 Å². The molecule has 1 atom stereocenters. The van der Waals surface area contributed by atoms with Crippen LogP contribution in [0.15, 0.2) is 65.7 Å². The fraction of sp³-hybridized carbons (Fsp3) is 0.130. The minimum absolute atomic E-state index is 0.0268. The maximum absolute atomic E-state index is 13.1. The summed E-state index contributed by atoms with van der Waals surface area (Å²) in [6, 6.07) is 22.0. The monoisotopic (exact) mass is 447 g/mol. The zero-order valence-electron chi connectivity index (χ0n) is 16.4. The van der Waals surface area contributed by atoms with Gasteiger partial charge in [-0.05, 0) is 35.7 Å². The number of carbonyl (C=O) groups excluding carboxylic acids is 1. The van der Waals surface area contributed by atoms with Crippen molar-refractivity contribution in [1.29, 1.82) is 10.5 Å². The first-order valence-electron chi connectivity index (χ1n) is 9.36. The van der Waals surface area contributed by atoms with Gasteiger partial charge in [0, 0.05) is 11.6 Å². The van der Waals surface area contributed by atoms with Gasteiger partial charge >= 0.3 is 0 Å². The van der Waals surface area contributed by atoms with Crippen molar-refractivity contribution < 1.29 is 4.79 Å². The molecule has 0 radical (unpaired) electrons. The number of pyridine rings is 1. The lowest BCUT2D eigenvalue weighted by molar-refractivity contribution is -0.120. The molecule has 0 bridgehead atoms. The molecule has 0 saturated heterocycles. The summed E-state index contributed by atoms with van der Waals surface area (Å²) in [5.74, 6) is -0.183. The molecule has 1 aromatic heterocycles. The predicted octanol–water partition coefficient (Wildman–Crippen LogP) is 4.25. The fourth-order valence-corrected chi connectivity index (χ4v) is 4.07. The van der Waals surface area contributed by atoms with Gasteiger partial charge in [0.2, 0.25) is 5.91 Å². The molecule has 1 amide bonds. The largest absolute Gasteiger partial charge is 0.383 e. The molecule has 0 aliphatic rings. The van der Waals surface area contributed by atoms with Crippen molar-refractivity contribution in [1.82, 2.24) is 10.3 Å². The third-order valence-corrected chi connectivity index (χ3v) is 5.96. The highest BCUT2D eigenvalue weighted by molar-refractivity contribution is 8.00. The Hall–Kier alpha value is -3.52. The Morgan fingerprint density at radius 1 is 1.10 bits per heavy atom. The van der Waals surface area contributed by atoms with Crippen molar-refractivity contribution in [2.45, 2.75) is 16.7 Å². The van der Waals surface area contributed by atoms with Gasteiger partial charge in [-0.1, -0.05) is 65.8 Å². The fourth-order valence-electron chi connectivity index (χ4n) is 2.86. The van der Waals surface area contributed by atoms with E-state index in [0.29, 0.717) is 23.0 Å². The molecular weight excluding hydrogens is 430 g/mol. The van der Waals surface area contributed by atoms with Crippen molar-refractivity contribution in [3.8, 4) is 12.1 Å². The molecule has 0 aliphatic carbocycles. The average molecular weight is 448 g/mol. The van der Waals surface area contributed by atoms with Gasteiger partial charge in [0.05, 0.1) is 11.1 Å². The lowest BCUT2D eigenvalue weighted by Gasteiger charge is -2.17. The molecule has 0 saturated carbocycles. The number of anilines is 1. The van der Waals surface area contributed by atoms with Gasteiger partial charge in [-0.15, -0.1) is 0 Å². The molecule has 31 heavy (non-hydrogen) atoms.